The second-order valence-corrected chi connectivity index (χ2v) is 11.4. The van der Waals surface area contributed by atoms with Gasteiger partial charge in [0.2, 0.25) is 0 Å². The molecule has 0 saturated carbocycles. The zero-order chi connectivity index (χ0) is 28.2. The van der Waals surface area contributed by atoms with Crippen LogP contribution >= 0.6 is 8.16 Å². The van der Waals surface area contributed by atoms with Gasteiger partial charge in [-0.3, -0.25) is 0 Å². The second kappa shape index (κ2) is 9.76. The third-order valence-corrected chi connectivity index (χ3v) is 9.33. The van der Waals surface area contributed by atoms with Gasteiger partial charge in [0.15, 0.2) is 22.7 Å². The van der Waals surface area contributed by atoms with E-state index < -0.39 is 8.16 Å². The quantitative estimate of drug-likeness (QED) is 0.213. The number of benzene rings is 6. The normalized spacial score (nSPS) is 12.4. The van der Waals surface area contributed by atoms with E-state index in [-0.39, 0.29) is 0 Å². The summed E-state index contributed by atoms with van der Waals surface area (Å²) in [6.45, 7) is 0. The Morgan fingerprint density at radius 1 is 0.548 bits per heavy atom. The first-order valence-corrected chi connectivity index (χ1v) is 14.9. The maximum absolute atomic E-state index is 7.09. The Morgan fingerprint density at radius 2 is 0.976 bits per heavy atom. The minimum absolute atomic E-state index is 0.645. The van der Waals surface area contributed by atoms with E-state index in [0.717, 1.165) is 54.8 Å². The Labute approximate surface area is 243 Å². The summed E-state index contributed by atoms with van der Waals surface area (Å²) in [6, 6.07) is 37.4. The van der Waals surface area contributed by atoms with E-state index in [9.17, 15) is 0 Å². The van der Waals surface area contributed by atoms with Gasteiger partial charge in [0.1, 0.15) is 0 Å². The van der Waals surface area contributed by atoms with Crippen LogP contribution in [0.3, 0.4) is 0 Å². The average Bonchev–Trinajstić information content (AvgIpc) is 3.32. The molecule has 1 aromatic heterocycles. The van der Waals surface area contributed by atoms with Gasteiger partial charge >= 0.3 is 8.16 Å². The first kappa shape index (κ1) is 24.7. The summed E-state index contributed by atoms with van der Waals surface area (Å²) in [5, 5.41) is 6.05. The monoisotopic (exact) mass is 567 g/mol. The molecule has 42 heavy (non-hydrogen) atoms. The van der Waals surface area contributed by atoms with Crippen LogP contribution in [0.5, 0.6) is 11.5 Å². The molecule has 1 aliphatic rings. The fourth-order valence-electron chi connectivity index (χ4n) is 5.97. The molecule has 0 fully saturated rings. The molecule has 0 spiro atoms. The van der Waals surface area contributed by atoms with Crippen molar-refractivity contribution in [2.45, 2.75) is 0 Å². The molecule has 0 aliphatic carbocycles. The maximum atomic E-state index is 7.09. The van der Waals surface area contributed by atoms with Gasteiger partial charge in [-0.2, -0.15) is 0 Å². The second-order valence-electron chi connectivity index (χ2n) is 10.2. The molecule has 1 aliphatic heterocycles. The van der Waals surface area contributed by atoms with Gasteiger partial charge in [-0.1, -0.05) is 97.1 Å². The van der Waals surface area contributed by atoms with Crippen LogP contribution in [0, 0.1) is 0 Å². The fraction of sp³-hybridized carbons (Fsp3) is 0.0556. The predicted octanol–water partition coefficient (Wildman–Crippen LogP) is 10.7. The molecule has 0 amide bonds. The molecule has 6 aromatic carbocycles. The molecule has 0 unspecified atom stereocenters. The van der Waals surface area contributed by atoms with Crippen LogP contribution in [0.1, 0.15) is 11.1 Å². The van der Waals surface area contributed by atoms with Gasteiger partial charge in [0.05, 0.1) is 25.6 Å². The number of nitrogens with zero attached hydrogens (tertiary/aromatic N) is 1. The zero-order valence-corrected chi connectivity index (χ0v) is 24.0. The van der Waals surface area contributed by atoms with E-state index in [0.29, 0.717) is 22.7 Å². The van der Waals surface area contributed by atoms with Crippen LogP contribution in [-0.2, 0) is 0 Å². The lowest BCUT2D eigenvalue weighted by Crippen LogP contribution is -2.07. The van der Waals surface area contributed by atoms with Crippen LogP contribution in [0.2, 0.25) is 0 Å². The molecule has 5 nitrogen and oxygen atoms in total. The van der Waals surface area contributed by atoms with Crippen molar-refractivity contribution in [3.8, 4) is 11.5 Å². The molecular formula is C36H26NO4P. The highest BCUT2D eigenvalue weighted by Gasteiger charge is 2.26. The number of methoxy groups -OCH3 is 2. The van der Waals surface area contributed by atoms with Crippen LogP contribution in [0.4, 0.5) is 11.4 Å². The van der Waals surface area contributed by atoms with Gasteiger partial charge in [0, 0.05) is 10.8 Å². The lowest BCUT2D eigenvalue weighted by Gasteiger charge is -2.23. The number of para-hydroxylation sites is 2. The van der Waals surface area contributed by atoms with Crippen molar-refractivity contribution >= 4 is 75.2 Å². The summed E-state index contributed by atoms with van der Waals surface area (Å²) in [6.07, 6.45) is 4.29. The number of rotatable bonds is 3. The number of ether oxygens (including phenoxy) is 2. The standard InChI is InChI=1S/C36H26NO4P/c1-38-31-21-25-13-3-7-15-27(25)33-34-28-16-8-4-14-26(28)22-32(39-2)36(34)41-42(40-35(31)33)37-29-17-9-5-11-23(29)19-20-24-12-6-10-18-30(24)37/h3-22H,1-2H3. The third kappa shape index (κ3) is 3.71. The van der Waals surface area contributed by atoms with Crippen molar-refractivity contribution in [3.05, 3.63) is 120 Å². The Bertz CT molecular complexity index is 2100. The Morgan fingerprint density at radius 3 is 1.45 bits per heavy atom. The Kier molecular flexibility index (Phi) is 5.73. The highest BCUT2D eigenvalue weighted by molar-refractivity contribution is 7.40. The molecule has 0 atom stereocenters. The molecule has 204 valence electrons. The number of hydrogen-bond acceptors (Lipinski definition) is 5. The van der Waals surface area contributed by atoms with Crippen LogP contribution in [-0.4, -0.2) is 14.2 Å². The molecule has 0 radical (unpaired) electrons. The summed E-state index contributed by atoms with van der Waals surface area (Å²) in [4.78, 5) is 0. The predicted molar refractivity (Wildman–Crippen MR) is 174 cm³/mol. The van der Waals surface area contributed by atoms with Gasteiger partial charge in [-0.05, 0) is 56.9 Å². The van der Waals surface area contributed by atoms with Crippen molar-refractivity contribution in [1.29, 1.82) is 0 Å². The zero-order valence-electron chi connectivity index (χ0n) is 23.1. The van der Waals surface area contributed by atoms with E-state index in [4.69, 9.17) is 17.9 Å². The van der Waals surface area contributed by atoms with Crippen molar-refractivity contribution in [3.63, 3.8) is 0 Å². The SMILES string of the molecule is COc1cc2ccccc2c2c1op(N1c3ccccc3C=Cc3ccccc31)oc1c(OC)cc3ccccc3c12. The fourth-order valence-corrected chi connectivity index (χ4v) is 7.56. The van der Waals surface area contributed by atoms with E-state index in [1.165, 1.54) is 0 Å². The van der Waals surface area contributed by atoms with Gasteiger partial charge in [-0.25, -0.2) is 4.67 Å². The van der Waals surface area contributed by atoms with Gasteiger partial charge < -0.3 is 17.9 Å². The van der Waals surface area contributed by atoms with Crippen molar-refractivity contribution < 1.29 is 17.9 Å². The van der Waals surface area contributed by atoms with E-state index in [1.54, 1.807) is 14.2 Å². The van der Waals surface area contributed by atoms with Crippen molar-refractivity contribution in [1.82, 2.24) is 0 Å². The Hall–Kier alpha value is -5.12. The van der Waals surface area contributed by atoms with Crippen LogP contribution in [0.25, 0.3) is 55.6 Å². The highest BCUT2D eigenvalue weighted by Crippen LogP contribution is 2.53. The topological polar surface area (TPSA) is 48.0 Å². The van der Waals surface area contributed by atoms with Gasteiger partial charge in [0.25, 0.3) is 0 Å². The summed E-state index contributed by atoms with van der Waals surface area (Å²) in [5.74, 6) is 1.29. The van der Waals surface area contributed by atoms with E-state index >= 15 is 0 Å². The highest BCUT2D eigenvalue weighted by atomic mass is 31.1. The van der Waals surface area contributed by atoms with Crippen molar-refractivity contribution in [2.75, 3.05) is 18.9 Å². The average molecular weight is 568 g/mol. The largest absolute Gasteiger partial charge is 0.493 e. The molecule has 0 saturated heterocycles. The molecule has 7 aromatic rings. The minimum atomic E-state index is -1.80. The number of fused-ring (bicyclic) bond motifs is 9. The number of anilines is 2. The summed E-state index contributed by atoms with van der Waals surface area (Å²) < 4.78 is 28.4. The number of hydrogen-bond donors (Lipinski definition) is 0. The van der Waals surface area contributed by atoms with Crippen molar-refractivity contribution in [2.24, 2.45) is 0 Å². The van der Waals surface area contributed by atoms with Crippen LogP contribution in [0.15, 0.2) is 118 Å². The third-order valence-electron chi connectivity index (χ3n) is 7.90. The Balaban J connectivity index is 1.64. The summed E-state index contributed by atoms with van der Waals surface area (Å²) >= 11 is 0. The minimum Gasteiger partial charge on any atom is -0.493 e. The summed E-state index contributed by atoms with van der Waals surface area (Å²) in [5.41, 5.74) is 5.43. The van der Waals surface area contributed by atoms with E-state index in [1.807, 2.05) is 48.5 Å². The van der Waals surface area contributed by atoms with E-state index in [2.05, 4.69) is 77.5 Å². The molecular weight excluding hydrogens is 541 g/mol. The lowest BCUT2D eigenvalue weighted by molar-refractivity contribution is 0.411. The smallest absolute Gasteiger partial charge is 0.346 e. The molecule has 8 rings (SSSR count). The molecule has 6 heteroatoms. The first-order valence-electron chi connectivity index (χ1n) is 13.8. The molecule has 2 heterocycles. The molecule has 0 bridgehead atoms. The lowest BCUT2D eigenvalue weighted by atomic mass is 9.98. The van der Waals surface area contributed by atoms with Crippen LogP contribution < -0.4 is 14.1 Å². The summed E-state index contributed by atoms with van der Waals surface area (Å²) in [7, 11) is 1.57. The van der Waals surface area contributed by atoms with Gasteiger partial charge in [-0.15, -0.1) is 0 Å². The maximum Gasteiger partial charge on any atom is 0.346 e. The first-order chi connectivity index (χ1) is 20.7. The molecule has 0 N–H and O–H groups in total.